The van der Waals surface area contributed by atoms with Gasteiger partial charge in [-0.05, 0) is 25.6 Å². The van der Waals surface area contributed by atoms with Crippen LogP contribution >= 0.6 is 11.6 Å². The van der Waals surface area contributed by atoms with Crippen molar-refractivity contribution >= 4 is 22.7 Å². The number of hydrogen-bond acceptors (Lipinski definition) is 4. The quantitative estimate of drug-likeness (QED) is 0.919. The fourth-order valence-corrected chi connectivity index (χ4v) is 2.56. The van der Waals surface area contributed by atoms with Gasteiger partial charge in [-0.3, -0.25) is 4.90 Å². The maximum absolute atomic E-state index is 13.2. The summed E-state index contributed by atoms with van der Waals surface area (Å²) in [5.41, 5.74) is 0.943. The Morgan fingerprint density at radius 3 is 3.16 bits per heavy atom. The summed E-state index contributed by atoms with van der Waals surface area (Å²) in [6.07, 6.45) is 1.11. The lowest BCUT2D eigenvalue weighted by atomic mass is 10.3. The number of fused-ring (bicyclic) bond motifs is 1. The van der Waals surface area contributed by atoms with Crippen LogP contribution in [0.5, 0.6) is 0 Å². The Bertz CT molecular complexity index is 579. The van der Waals surface area contributed by atoms with E-state index in [9.17, 15) is 4.39 Å². The van der Waals surface area contributed by atoms with Crippen molar-refractivity contribution in [2.24, 2.45) is 0 Å². The Morgan fingerprint density at radius 2 is 2.26 bits per heavy atom. The monoisotopic (exact) mass is 283 g/mol. The van der Waals surface area contributed by atoms with Crippen molar-refractivity contribution in [3.05, 3.63) is 28.9 Å². The van der Waals surface area contributed by atoms with Crippen LogP contribution < -0.4 is 5.32 Å². The first-order valence-corrected chi connectivity index (χ1v) is 6.78. The number of benzene rings is 1. The summed E-state index contributed by atoms with van der Waals surface area (Å²) in [6.45, 7) is 4.61. The molecule has 0 bridgehead atoms. The van der Waals surface area contributed by atoms with E-state index in [0.29, 0.717) is 23.5 Å². The van der Waals surface area contributed by atoms with E-state index in [1.165, 1.54) is 12.1 Å². The van der Waals surface area contributed by atoms with Crippen LogP contribution in [0.15, 0.2) is 16.5 Å². The minimum atomic E-state index is -0.392. The molecule has 1 N–H and O–H groups in total. The molecule has 1 aliphatic heterocycles. The summed E-state index contributed by atoms with van der Waals surface area (Å²) in [5.74, 6) is 0.195. The third kappa shape index (κ3) is 2.88. The number of halogens is 2. The number of aromatic nitrogens is 1. The minimum absolute atomic E-state index is 0.270. The minimum Gasteiger partial charge on any atom is -0.438 e. The molecule has 1 aromatic heterocycles. The molecule has 0 unspecified atom stereocenters. The van der Waals surface area contributed by atoms with Crippen LogP contribution in [0.4, 0.5) is 4.39 Å². The molecule has 4 nitrogen and oxygen atoms in total. The topological polar surface area (TPSA) is 41.3 Å². The molecule has 0 atom stereocenters. The number of rotatable bonds is 2. The first kappa shape index (κ1) is 12.8. The van der Waals surface area contributed by atoms with Gasteiger partial charge in [-0.1, -0.05) is 11.6 Å². The van der Waals surface area contributed by atoms with Crippen LogP contribution in [0.3, 0.4) is 0 Å². The maximum Gasteiger partial charge on any atom is 0.209 e. The lowest BCUT2D eigenvalue weighted by Crippen LogP contribution is -2.27. The van der Waals surface area contributed by atoms with Crippen LogP contribution in [0.25, 0.3) is 11.1 Å². The number of nitrogens with zero attached hydrogens (tertiary/aromatic N) is 2. The van der Waals surface area contributed by atoms with Gasteiger partial charge in [0.25, 0.3) is 0 Å². The van der Waals surface area contributed by atoms with E-state index in [0.717, 1.165) is 32.6 Å². The van der Waals surface area contributed by atoms with Crippen molar-refractivity contribution in [2.75, 3.05) is 26.2 Å². The predicted octanol–water partition coefficient (Wildman–Crippen LogP) is 2.42. The molecule has 6 heteroatoms. The highest BCUT2D eigenvalue weighted by atomic mass is 35.5. The fraction of sp³-hybridized carbons (Fsp3) is 0.462. The summed E-state index contributed by atoms with van der Waals surface area (Å²) >= 11 is 5.95. The van der Waals surface area contributed by atoms with Crippen LogP contribution in [0, 0.1) is 5.82 Å². The first-order chi connectivity index (χ1) is 9.22. The van der Waals surface area contributed by atoms with Crippen molar-refractivity contribution in [2.45, 2.75) is 13.0 Å². The molecule has 1 saturated heterocycles. The van der Waals surface area contributed by atoms with Crippen LogP contribution in [-0.2, 0) is 6.54 Å². The SMILES string of the molecule is Fc1cc(Cl)c2oc(CN3CCCNCC3)nc2c1. The summed E-state index contributed by atoms with van der Waals surface area (Å²) in [6, 6.07) is 2.59. The fourth-order valence-electron chi connectivity index (χ4n) is 2.32. The highest BCUT2D eigenvalue weighted by molar-refractivity contribution is 6.34. The smallest absolute Gasteiger partial charge is 0.209 e. The van der Waals surface area contributed by atoms with Gasteiger partial charge in [0, 0.05) is 19.2 Å². The molecular formula is C13H15ClFN3O. The van der Waals surface area contributed by atoms with Crippen molar-refractivity contribution in [1.82, 2.24) is 15.2 Å². The number of hydrogen-bond donors (Lipinski definition) is 1. The number of nitrogens with one attached hydrogen (secondary N) is 1. The Hall–Kier alpha value is -1.17. The Morgan fingerprint density at radius 1 is 1.37 bits per heavy atom. The van der Waals surface area contributed by atoms with Gasteiger partial charge in [-0.25, -0.2) is 9.37 Å². The van der Waals surface area contributed by atoms with E-state index in [-0.39, 0.29) is 5.02 Å². The van der Waals surface area contributed by atoms with E-state index in [4.69, 9.17) is 16.0 Å². The van der Waals surface area contributed by atoms with Crippen LogP contribution in [0.2, 0.25) is 5.02 Å². The van der Waals surface area contributed by atoms with Crippen LogP contribution in [0.1, 0.15) is 12.3 Å². The Kier molecular flexibility index (Phi) is 3.68. The van der Waals surface area contributed by atoms with Gasteiger partial charge in [-0.15, -0.1) is 0 Å². The third-order valence-corrected chi connectivity index (χ3v) is 3.53. The Balaban J connectivity index is 1.83. The molecule has 102 valence electrons. The molecule has 1 fully saturated rings. The number of oxazole rings is 1. The molecule has 0 saturated carbocycles. The van der Waals surface area contributed by atoms with E-state index in [2.05, 4.69) is 15.2 Å². The predicted molar refractivity (Wildman–Crippen MR) is 71.7 cm³/mol. The van der Waals surface area contributed by atoms with E-state index >= 15 is 0 Å². The second kappa shape index (κ2) is 5.45. The highest BCUT2D eigenvalue weighted by Crippen LogP contribution is 2.26. The van der Waals surface area contributed by atoms with E-state index in [1.807, 2.05) is 0 Å². The highest BCUT2D eigenvalue weighted by Gasteiger charge is 2.15. The summed E-state index contributed by atoms with van der Waals surface area (Å²) in [4.78, 5) is 6.58. The molecule has 1 aromatic carbocycles. The zero-order valence-electron chi connectivity index (χ0n) is 10.5. The Labute approximate surface area is 115 Å². The van der Waals surface area contributed by atoms with Crippen molar-refractivity contribution in [3.63, 3.8) is 0 Å². The van der Waals surface area contributed by atoms with Gasteiger partial charge in [0.15, 0.2) is 5.58 Å². The van der Waals surface area contributed by atoms with Gasteiger partial charge < -0.3 is 9.73 Å². The van der Waals surface area contributed by atoms with Crippen molar-refractivity contribution < 1.29 is 8.81 Å². The average Bonchev–Trinajstić information content (AvgIpc) is 2.58. The second-order valence-electron chi connectivity index (χ2n) is 4.72. The molecule has 3 rings (SSSR count). The lowest BCUT2D eigenvalue weighted by Gasteiger charge is -2.16. The van der Waals surface area contributed by atoms with Gasteiger partial charge in [0.1, 0.15) is 11.3 Å². The van der Waals surface area contributed by atoms with Gasteiger partial charge in [-0.2, -0.15) is 0 Å². The van der Waals surface area contributed by atoms with Gasteiger partial charge >= 0.3 is 0 Å². The summed E-state index contributed by atoms with van der Waals surface area (Å²) in [5, 5.41) is 3.61. The van der Waals surface area contributed by atoms with E-state index in [1.54, 1.807) is 0 Å². The summed E-state index contributed by atoms with van der Waals surface area (Å²) < 4.78 is 18.9. The largest absolute Gasteiger partial charge is 0.438 e. The molecule has 2 aromatic rings. The third-order valence-electron chi connectivity index (χ3n) is 3.25. The lowest BCUT2D eigenvalue weighted by molar-refractivity contribution is 0.257. The first-order valence-electron chi connectivity index (χ1n) is 6.40. The normalized spacial score (nSPS) is 17.8. The summed E-state index contributed by atoms with van der Waals surface area (Å²) in [7, 11) is 0. The zero-order chi connectivity index (χ0) is 13.2. The molecule has 2 heterocycles. The molecular weight excluding hydrogens is 269 g/mol. The zero-order valence-corrected chi connectivity index (χ0v) is 11.2. The standard InChI is InChI=1S/C13H15ClFN3O/c14-10-6-9(15)7-11-13(10)19-12(17-11)8-18-4-1-2-16-3-5-18/h6-7,16H,1-5,8H2. The second-order valence-corrected chi connectivity index (χ2v) is 5.13. The molecule has 19 heavy (non-hydrogen) atoms. The molecule has 0 amide bonds. The van der Waals surface area contributed by atoms with Crippen molar-refractivity contribution in [3.8, 4) is 0 Å². The average molecular weight is 284 g/mol. The van der Waals surface area contributed by atoms with Gasteiger partial charge in [0.05, 0.1) is 11.6 Å². The van der Waals surface area contributed by atoms with Gasteiger partial charge in [0.2, 0.25) is 5.89 Å². The molecule has 1 aliphatic rings. The van der Waals surface area contributed by atoms with Crippen LogP contribution in [-0.4, -0.2) is 36.1 Å². The molecule has 0 aliphatic carbocycles. The van der Waals surface area contributed by atoms with Crippen molar-refractivity contribution in [1.29, 1.82) is 0 Å². The molecule has 0 spiro atoms. The van der Waals surface area contributed by atoms with E-state index < -0.39 is 5.82 Å². The molecule has 0 radical (unpaired) electrons. The maximum atomic E-state index is 13.2.